The van der Waals surface area contributed by atoms with Gasteiger partial charge in [-0.1, -0.05) is 184 Å². The molecule has 1 rings (SSSR count). The van der Waals surface area contributed by atoms with Crippen molar-refractivity contribution in [2.24, 2.45) is 0 Å². The van der Waals surface area contributed by atoms with E-state index in [-0.39, 0.29) is 31.1 Å². The van der Waals surface area contributed by atoms with E-state index in [1.165, 1.54) is 103 Å². The van der Waals surface area contributed by atoms with Gasteiger partial charge in [-0.25, -0.2) is 0 Å². The van der Waals surface area contributed by atoms with E-state index in [4.69, 9.17) is 14.2 Å². The van der Waals surface area contributed by atoms with Gasteiger partial charge in [0.1, 0.15) is 13.2 Å². The predicted molar refractivity (Wildman–Crippen MR) is 276 cm³/mol. The lowest BCUT2D eigenvalue weighted by Crippen LogP contribution is -2.30. The van der Waals surface area contributed by atoms with Crippen molar-refractivity contribution in [3.63, 3.8) is 0 Å². The van der Waals surface area contributed by atoms with Crippen molar-refractivity contribution in [3.05, 3.63) is 60.8 Å². The molecule has 1 aliphatic heterocycles. The molecule has 368 valence electrons. The number of hydrogen-bond donors (Lipinski definition) is 0. The monoisotopic (exact) mass is 911 g/mol. The third-order valence-electron chi connectivity index (χ3n) is 11.9. The summed E-state index contributed by atoms with van der Waals surface area (Å²) in [7, 11) is 0. The van der Waals surface area contributed by atoms with Crippen LogP contribution in [0.25, 0.3) is 0 Å². The van der Waals surface area contributed by atoms with Crippen LogP contribution in [0.15, 0.2) is 60.8 Å². The van der Waals surface area contributed by atoms with Crippen LogP contribution in [0.2, 0.25) is 0 Å². The number of ether oxygens (including phenoxy) is 3. The molecular formula is C57H98O6S. The van der Waals surface area contributed by atoms with Gasteiger partial charge in [-0.2, -0.15) is 11.8 Å². The van der Waals surface area contributed by atoms with Gasteiger partial charge < -0.3 is 14.2 Å². The van der Waals surface area contributed by atoms with Crippen LogP contribution in [-0.2, 0) is 28.6 Å². The summed E-state index contributed by atoms with van der Waals surface area (Å²) in [5, 5.41) is 1.76. The molecule has 0 bridgehead atoms. The van der Waals surface area contributed by atoms with Crippen molar-refractivity contribution in [1.82, 2.24) is 0 Å². The second-order valence-corrected chi connectivity index (χ2v) is 19.6. The molecule has 0 aromatic heterocycles. The number of unbranched alkanes of at least 4 members (excludes halogenated alkanes) is 23. The molecule has 6 nitrogen and oxygen atoms in total. The Balaban J connectivity index is 2.30. The van der Waals surface area contributed by atoms with Crippen molar-refractivity contribution in [2.45, 2.75) is 269 Å². The fourth-order valence-electron chi connectivity index (χ4n) is 7.68. The van der Waals surface area contributed by atoms with Crippen molar-refractivity contribution in [1.29, 1.82) is 0 Å². The summed E-state index contributed by atoms with van der Waals surface area (Å²) in [6, 6.07) is 0. The van der Waals surface area contributed by atoms with Gasteiger partial charge in [0.25, 0.3) is 0 Å². The molecule has 0 aromatic carbocycles. The minimum atomic E-state index is -0.790. The molecule has 1 saturated heterocycles. The lowest BCUT2D eigenvalue weighted by Gasteiger charge is -2.18. The van der Waals surface area contributed by atoms with E-state index >= 15 is 0 Å². The molecule has 0 N–H and O–H groups in total. The third-order valence-corrected chi connectivity index (χ3v) is 13.4. The molecule has 64 heavy (non-hydrogen) atoms. The highest BCUT2D eigenvalue weighted by Gasteiger charge is 2.35. The van der Waals surface area contributed by atoms with E-state index in [2.05, 4.69) is 93.3 Å². The Labute approximate surface area is 399 Å². The fraction of sp³-hybridized carbons (Fsp3) is 0.772. The Morgan fingerprint density at radius 3 is 1.20 bits per heavy atom. The van der Waals surface area contributed by atoms with Gasteiger partial charge in [-0.3, -0.25) is 14.4 Å². The van der Waals surface area contributed by atoms with Crippen LogP contribution in [0.5, 0.6) is 0 Å². The lowest BCUT2D eigenvalue weighted by molar-refractivity contribution is -0.167. The van der Waals surface area contributed by atoms with Gasteiger partial charge >= 0.3 is 17.9 Å². The first kappa shape index (κ1) is 59.5. The number of hydrogen-bond acceptors (Lipinski definition) is 7. The van der Waals surface area contributed by atoms with Crippen LogP contribution in [-0.4, -0.2) is 47.7 Å². The van der Waals surface area contributed by atoms with Crippen LogP contribution in [0.3, 0.4) is 0 Å². The van der Waals surface area contributed by atoms with Crippen LogP contribution in [0.1, 0.15) is 252 Å². The molecule has 7 heteroatoms. The van der Waals surface area contributed by atoms with Crippen molar-refractivity contribution in [2.75, 3.05) is 13.2 Å². The minimum absolute atomic E-state index is 0.0884. The maximum Gasteiger partial charge on any atom is 0.306 e. The van der Waals surface area contributed by atoms with E-state index in [1.54, 1.807) is 0 Å². The van der Waals surface area contributed by atoms with E-state index in [0.717, 1.165) is 120 Å². The Bertz CT molecular complexity index is 1240. The minimum Gasteiger partial charge on any atom is -0.462 e. The molecule has 0 aromatic rings. The van der Waals surface area contributed by atoms with Gasteiger partial charge in [0, 0.05) is 29.8 Å². The first-order valence-electron chi connectivity index (χ1n) is 26.9. The molecule has 1 fully saturated rings. The number of esters is 3. The van der Waals surface area contributed by atoms with E-state index in [0.29, 0.717) is 19.3 Å². The average Bonchev–Trinajstić information content (AvgIpc) is 4.05. The summed E-state index contributed by atoms with van der Waals surface area (Å²) in [5.41, 5.74) is 0. The zero-order valence-electron chi connectivity index (χ0n) is 41.7. The SMILES string of the molecule is CCCCC/C=C/C/C=C/CCCCCCCC(=O)OCC(COC(=O)CCCCCCC/C=C/CC1SC1CCCCC)OC(=O)CCCCCCC/C=C/C/C=C/CCCCC. The Morgan fingerprint density at radius 2 is 0.766 bits per heavy atom. The van der Waals surface area contributed by atoms with Gasteiger partial charge in [0.15, 0.2) is 6.10 Å². The summed E-state index contributed by atoms with van der Waals surface area (Å²) in [5.74, 6) is -0.917. The summed E-state index contributed by atoms with van der Waals surface area (Å²) in [6.45, 7) is 6.57. The Kier molecular flexibility index (Phi) is 43.7. The quantitative estimate of drug-likeness (QED) is 0.0198. The summed E-state index contributed by atoms with van der Waals surface area (Å²) in [6.07, 6.45) is 60.9. The summed E-state index contributed by atoms with van der Waals surface area (Å²) in [4.78, 5) is 38.1. The second-order valence-electron chi connectivity index (χ2n) is 18.2. The molecule has 0 amide bonds. The second kappa shape index (κ2) is 47.0. The first-order valence-corrected chi connectivity index (χ1v) is 27.8. The van der Waals surface area contributed by atoms with Crippen LogP contribution >= 0.6 is 11.8 Å². The zero-order valence-corrected chi connectivity index (χ0v) is 42.5. The molecule has 0 spiro atoms. The van der Waals surface area contributed by atoms with E-state index in [1.807, 2.05) is 0 Å². The fourth-order valence-corrected chi connectivity index (χ4v) is 8.82. The molecule has 3 unspecified atom stereocenters. The van der Waals surface area contributed by atoms with E-state index in [9.17, 15) is 14.4 Å². The molecular weight excluding hydrogens is 813 g/mol. The number of carbonyl (C=O) groups is 3. The largest absolute Gasteiger partial charge is 0.462 e. The molecule has 1 heterocycles. The average molecular weight is 911 g/mol. The Hall–Kier alpha value is -2.54. The maximum absolute atomic E-state index is 12.8. The predicted octanol–water partition coefficient (Wildman–Crippen LogP) is 17.4. The Morgan fingerprint density at radius 1 is 0.406 bits per heavy atom. The van der Waals surface area contributed by atoms with Crippen LogP contribution < -0.4 is 0 Å². The number of rotatable bonds is 47. The number of thioether (sulfide) groups is 1. The highest BCUT2D eigenvalue weighted by Crippen LogP contribution is 2.46. The molecule has 0 saturated carbocycles. The molecule has 0 radical (unpaired) electrons. The van der Waals surface area contributed by atoms with Gasteiger partial charge in [0.2, 0.25) is 0 Å². The maximum atomic E-state index is 12.8. The smallest absolute Gasteiger partial charge is 0.306 e. The highest BCUT2D eigenvalue weighted by molar-refractivity contribution is 8.07. The zero-order chi connectivity index (χ0) is 46.2. The number of allylic oxidation sites excluding steroid dienone is 10. The van der Waals surface area contributed by atoms with E-state index < -0.39 is 6.10 Å². The molecule has 1 aliphatic rings. The number of carbonyl (C=O) groups excluding carboxylic acids is 3. The van der Waals surface area contributed by atoms with Gasteiger partial charge in [0.05, 0.1) is 0 Å². The molecule has 3 atom stereocenters. The lowest BCUT2D eigenvalue weighted by atomic mass is 10.1. The van der Waals surface area contributed by atoms with Crippen molar-refractivity contribution < 1.29 is 28.6 Å². The highest BCUT2D eigenvalue weighted by atomic mass is 32.2. The molecule has 0 aliphatic carbocycles. The van der Waals surface area contributed by atoms with Gasteiger partial charge in [-0.15, -0.1) is 0 Å². The topological polar surface area (TPSA) is 78.9 Å². The summed E-state index contributed by atoms with van der Waals surface area (Å²) >= 11 is 2.16. The van der Waals surface area contributed by atoms with Crippen LogP contribution in [0.4, 0.5) is 0 Å². The van der Waals surface area contributed by atoms with Crippen molar-refractivity contribution in [3.8, 4) is 0 Å². The normalized spacial score (nSPS) is 15.7. The van der Waals surface area contributed by atoms with Gasteiger partial charge in [-0.05, 0) is 109 Å². The van der Waals surface area contributed by atoms with Crippen LogP contribution in [0, 0.1) is 0 Å². The standard InChI is InChI=1S/C57H98O6S/c1-4-7-10-12-14-16-18-20-22-24-26-28-33-37-42-47-55(58)61-50-52(63-57(60)49-44-39-35-29-27-25-23-21-19-17-15-13-11-8-5-2)51-62-56(59)48-43-38-34-31-30-32-36-41-46-54-53(64-54)45-40-9-6-3/h14-17,20-23,36,41,52-54H,4-13,18-19,24-35,37-40,42-51H2,1-3H3/b16-14+,17-15+,22-20+,23-21+,41-36+. The third kappa shape index (κ3) is 42.1. The van der Waals surface area contributed by atoms with Crippen molar-refractivity contribution >= 4 is 29.7 Å². The first-order chi connectivity index (χ1) is 31.5. The summed E-state index contributed by atoms with van der Waals surface area (Å²) < 4.78 is 16.8.